The molecule has 1 aliphatic heterocycles. The molecule has 110 valence electrons. The highest BCUT2D eigenvalue weighted by atomic mass is 35.5. The monoisotopic (exact) mass is 324 g/mol. The number of anilines is 2. The summed E-state index contributed by atoms with van der Waals surface area (Å²) in [5, 5.41) is 0.884. The fraction of sp³-hybridized carbons (Fsp3) is 0.286. The van der Waals surface area contributed by atoms with Gasteiger partial charge in [-0.05, 0) is 24.3 Å². The molecule has 0 saturated carbocycles. The second-order valence-corrected chi connectivity index (χ2v) is 5.63. The molecule has 0 radical (unpaired) electrons. The summed E-state index contributed by atoms with van der Waals surface area (Å²) in [6.07, 6.45) is 1.38. The lowest BCUT2D eigenvalue weighted by Crippen LogP contribution is -2.47. The van der Waals surface area contributed by atoms with Crippen LogP contribution in [0, 0.1) is 0 Å². The Morgan fingerprint density at radius 2 is 1.62 bits per heavy atom. The number of aromatic amines is 1. The van der Waals surface area contributed by atoms with Crippen molar-refractivity contribution in [2.24, 2.45) is 0 Å². The van der Waals surface area contributed by atoms with E-state index < -0.39 is 0 Å². The first-order valence-corrected chi connectivity index (χ1v) is 7.39. The van der Waals surface area contributed by atoms with Crippen molar-refractivity contribution in [3.05, 3.63) is 51.0 Å². The van der Waals surface area contributed by atoms with Crippen molar-refractivity contribution in [1.82, 2.24) is 9.97 Å². The molecule has 0 amide bonds. The van der Waals surface area contributed by atoms with Crippen LogP contribution < -0.4 is 15.4 Å². The van der Waals surface area contributed by atoms with Gasteiger partial charge < -0.3 is 14.8 Å². The lowest BCUT2D eigenvalue weighted by Gasteiger charge is -2.36. The molecule has 0 atom stereocenters. The second-order valence-electron chi connectivity index (χ2n) is 4.82. The minimum atomic E-state index is -0.304. The molecule has 1 aliphatic rings. The number of hydrogen-bond acceptors (Lipinski definition) is 4. The van der Waals surface area contributed by atoms with Crippen molar-refractivity contribution in [3.63, 3.8) is 0 Å². The Labute approximate surface area is 132 Å². The van der Waals surface area contributed by atoms with Crippen LogP contribution in [0.2, 0.25) is 10.0 Å². The maximum absolute atomic E-state index is 11.5. The van der Waals surface area contributed by atoms with E-state index in [4.69, 9.17) is 23.2 Å². The summed E-state index contributed by atoms with van der Waals surface area (Å²) in [7, 11) is 0. The second kappa shape index (κ2) is 5.95. The summed E-state index contributed by atoms with van der Waals surface area (Å²) in [5.74, 6) is 0.552. The third-order valence-corrected chi connectivity index (χ3v) is 4.14. The molecule has 2 aromatic rings. The van der Waals surface area contributed by atoms with Gasteiger partial charge >= 0.3 is 0 Å². The highest BCUT2D eigenvalue weighted by Crippen LogP contribution is 2.23. The number of benzene rings is 1. The molecule has 0 aliphatic carbocycles. The molecule has 2 heterocycles. The SMILES string of the molecule is O=c1[nH]cnc(N2CCN(c3ccc(Cl)cc3)CC2)c1Cl. The molecular formula is C14H14Cl2N4O. The standard InChI is InChI=1S/C14H14Cl2N4O/c15-10-1-3-11(4-2-10)19-5-7-20(8-6-19)13-12(16)14(21)18-9-17-13/h1-4,9H,5-8H2,(H,17,18,21). The zero-order valence-electron chi connectivity index (χ0n) is 11.2. The first-order chi connectivity index (χ1) is 10.1. The van der Waals surface area contributed by atoms with Gasteiger partial charge in [-0.3, -0.25) is 4.79 Å². The van der Waals surface area contributed by atoms with Gasteiger partial charge in [0.25, 0.3) is 5.56 Å². The molecule has 21 heavy (non-hydrogen) atoms. The minimum absolute atomic E-state index is 0.150. The van der Waals surface area contributed by atoms with Crippen molar-refractivity contribution >= 4 is 34.7 Å². The van der Waals surface area contributed by atoms with E-state index in [0.717, 1.165) is 36.9 Å². The topological polar surface area (TPSA) is 52.2 Å². The van der Waals surface area contributed by atoms with Crippen LogP contribution in [-0.4, -0.2) is 36.1 Å². The van der Waals surface area contributed by atoms with Crippen LogP contribution in [0.5, 0.6) is 0 Å². The summed E-state index contributed by atoms with van der Waals surface area (Å²) in [6.45, 7) is 3.20. The molecule has 0 bridgehead atoms. The Hall–Kier alpha value is -1.72. The van der Waals surface area contributed by atoms with Gasteiger partial charge in [-0.1, -0.05) is 23.2 Å². The Bertz CT molecular complexity index is 678. The Balaban J connectivity index is 1.71. The lowest BCUT2D eigenvalue weighted by atomic mass is 10.2. The molecular weight excluding hydrogens is 311 g/mol. The van der Waals surface area contributed by atoms with Gasteiger partial charge in [-0.25, -0.2) is 4.98 Å². The predicted molar refractivity (Wildman–Crippen MR) is 85.7 cm³/mol. The Kier molecular flexibility index (Phi) is 4.03. The zero-order chi connectivity index (χ0) is 14.8. The number of piperazine rings is 1. The summed E-state index contributed by atoms with van der Waals surface area (Å²) < 4.78 is 0. The van der Waals surface area contributed by atoms with Crippen LogP contribution in [-0.2, 0) is 0 Å². The third-order valence-electron chi connectivity index (χ3n) is 3.55. The zero-order valence-corrected chi connectivity index (χ0v) is 12.7. The smallest absolute Gasteiger partial charge is 0.271 e. The van der Waals surface area contributed by atoms with Gasteiger partial charge in [0, 0.05) is 36.9 Å². The van der Waals surface area contributed by atoms with Gasteiger partial charge in [0.1, 0.15) is 5.02 Å². The van der Waals surface area contributed by atoms with Gasteiger partial charge in [-0.2, -0.15) is 0 Å². The quantitative estimate of drug-likeness (QED) is 0.921. The molecule has 7 heteroatoms. The van der Waals surface area contributed by atoms with Crippen LogP contribution in [0.25, 0.3) is 0 Å². The average molecular weight is 325 g/mol. The molecule has 0 unspecified atom stereocenters. The van der Waals surface area contributed by atoms with Crippen molar-refractivity contribution in [1.29, 1.82) is 0 Å². The van der Waals surface area contributed by atoms with E-state index in [9.17, 15) is 4.79 Å². The third kappa shape index (κ3) is 2.99. The normalized spacial score (nSPS) is 15.3. The fourth-order valence-corrected chi connectivity index (χ4v) is 2.77. The van der Waals surface area contributed by atoms with Crippen LogP contribution in [0.3, 0.4) is 0 Å². The van der Waals surface area contributed by atoms with Crippen molar-refractivity contribution in [3.8, 4) is 0 Å². The number of H-pyrrole nitrogens is 1. The molecule has 1 aromatic heterocycles. The molecule has 1 aromatic carbocycles. The fourth-order valence-electron chi connectivity index (χ4n) is 2.42. The van der Waals surface area contributed by atoms with E-state index in [1.807, 2.05) is 29.2 Å². The highest BCUT2D eigenvalue weighted by Gasteiger charge is 2.21. The summed E-state index contributed by atoms with van der Waals surface area (Å²) >= 11 is 11.9. The number of rotatable bonds is 2. The van der Waals surface area contributed by atoms with Crippen molar-refractivity contribution in [2.75, 3.05) is 36.0 Å². The first-order valence-electron chi connectivity index (χ1n) is 6.64. The van der Waals surface area contributed by atoms with Gasteiger partial charge in [0.15, 0.2) is 5.82 Å². The summed E-state index contributed by atoms with van der Waals surface area (Å²) in [6, 6.07) is 7.80. The van der Waals surface area contributed by atoms with Crippen LogP contribution in [0.4, 0.5) is 11.5 Å². The van der Waals surface area contributed by atoms with Gasteiger partial charge in [0.2, 0.25) is 0 Å². The molecule has 3 rings (SSSR count). The van der Waals surface area contributed by atoms with Gasteiger partial charge in [0.05, 0.1) is 6.33 Å². The lowest BCUT2D eigenvalue weighted by molar-refractivity contribution is 0.646. The van der Waals surface area contributed by atoms with Crippen LogP contribution >= 0.6 is 23.2 Å². The Morgan fingerprint density at radius 3 is 2.29 bits per heavy atom. The maximum Gasteiger partial charge on any atom is 0.271 e. The highest BCUT2D eigenvalue weighted by molar-refractivity contribution is 6.32. The minimum Gasteiger partial charge on any atom is -0.368 e. The average Bonchev–Trinajstić information content (AvgIpc) is 2.51. The largest absolute Gasteiger partial charge is 0.368 e. The number of aromatic nitrogens is 2. The number of nitrogens with zero attached hydrogens (tertiary/aromatic N) is 3. The number of halogens is 2. The molecule has 1 saturated heterocycles. The van der Waals surface area contributed by atoms with E-state index in [0.29, 0.717) is 5.82 Å². The maximum atomic E-state index is 11.5. The van der Waals surface area contributed by atoms with E-state index in [1.165, 1.54) is 6.33 Å². The van der Waals surface area contributed by atoms with E-state index in [-0.39, 0.29) is 10.6 Å². The van der Waals surface area contributed by atoms with Crippen LogP contribution in [0.15, 0.2) is 35.4 Å². The van der Waals surface area contributed by atoms with Gasteiger partial charge in [-0.15, -0.1) is 0 Å². The van der Waals surface area contributed by atoms with E-state index >= 15 is 0 Å². The molecule has 1 fully saturated rings. The van der Waals surface area contributed by atoms with E-state index in [1.54, 1.807) is 0 Å². The number of hydrogen-bond donors (Lipinski definition) is 1. The number of nitrogens with one attached hydrogen (secondary N) is 1. The van der Waals surface area contributed by atoms with E-state index in [2.05, 4.69) is 14.9 Å². The molecule has 0 spiro atoms. The predicted octanol–water partition coefficient (Wildman–Crippen LogP) is 2.40. The summed E-state index contributed by atoms with van der Waals surface area (Å²) in [4.78, 5) is 22.5. The molecule has 5 nitrogen and oxygen atoms in total. The Morgan fingerprint density at radius 1 is 1.00 bits per heavy atom. The molecule has 1 N–H and O–H groups in total. The first kappa shape index (κ1) is 14.2. The van der Waals surface area contributed by atoms with Crippen molar-refractivity contribution in [2.45, 2.75) is 0 Å². The summed E-state index contributed by atoms with van der Waals surface area (Å²) in [5.41, 5.74) is 0.839. The van der Waals surface area contributed by atoms with Crippen molar-refractivity contribution < 1.29 is 0 Å². The van der Waals surface area contributed by atoms with Crippen LogP contribution in [0.1, 0.15) is 0 Å².